The zero-order chi connectivity index (χ0) is 9.12. The lowest BCUT2D eigenvalue weighted by Gasteiger charge is -2.00. The van der Waals surface area contributed by atoms with E-state index in [-0.39, 0.29) is 0 Å². The smallest absolute Gasteiger partial charge is 0.0347 e. The van der Waals surface area contributed by atoms with Crippen molar-refractivity contribution in [3.63, 3.8) is 0 Å². The van der Waals surface area contributed by atoms with Crippen molar-refractivity contribution in [3.05, 3.63) is 0 Å². The van der Waals surface area contributed by atoms with Gasteiger partial charge in [-0.05, 0) is 29.3 Å². The lowest BCUT2D eigenvalue weighted by Crippen LogP contribution is -2.00. The van der Waals surface area contributed by atoms with Crippen molar-refractivity contribution in [2.45, 2.75) is 0 Å². The second kappa shape index (κ2) is 3.65. The van der Waals surface area contributed by atoms with Gasteiger partial charge in [-0.1, -0.05) is 18.8 Å². The van der Waals surface area contributed by atoms with Gasteiger partial charge in [-0.3, -0.25) is 8.73 Å². The molecular weight excluding hydrogens is 176 g/mol. The van der Waals surface area contributed by atoms with Gasteiger partial charge in [0.05, 0.1) is 0 Å². The van der Waals surface area contributed by atoms with E-state index >= 15 is 0 Å². The minimum atomic E-state index is -0.971. The summed E-state index contributed by atoms with van der Waals surface area (Å²) < 4.78 is 12.0. The molecule has 2 nitrogen and oxygen atoms in total. The minimum absolute atomic E-state index is 0.971. The Hall–Kier alpha value is 0.0800. The van der Waals surface area contributed by atoms with E-state index in [0.717, 1.165) is 0 Å². The van der Waals surface area contributed by atoms with Crippen molar-refractivity contribution in [1.29, 1.82) is 0 Å². The van der Waals surface area contributed by atoms with Crippen molar-refractivity contribution in [1.82, 2.24) is 0 Å². The van der Waals surface area contributed by atoms with Gasteiger partial charge < -0.3 is 0 Å². The van der Waals surface area contributed by atoms with E-state index in [1.165, 1.54) is 0 Å². The van der Waals surface area contributed by atoms with Crippen molar-refractivity contribution >= 4 is 23.1 Å². The molecule has 0 spiro atoms. The Kier molecular flexibility index (Phi) is 3.68. The first kappa shape index (κ1) is 11.1. The highest BCUT2D eigenvalue weighted by Crippen LogP contribution is 1.86. The van der Waals surface area contributed by atoms with E-state index in [9.17, 15) is 0 Å². The Morgan fingerprint density at radius 2 is 1.09 bits per heavy atom. The van der Waals surface area contributed by atoms with Gasteiger partial charge in [-0.2, -0.15) is 0 Å². The summed E-state index contributed by atoms with van der Waals surface area (Å²) in [4.78, 5) is 0. The van der Waals surface area contributed by atoms with Gasteiger partial charge in [-0.15, -0.1) is 0 Å². The molecule has 0 fully saturated rings. The molecule has 0 amide bonds. The average Bonchev–Trinajstić information content (AvgIpc) is 1.86. The van der Waals surface area contributed by atoms with Crippen LogP contribution in [0, 0.1) is 0 Å². The fraction of sp³-hybridized carbons (Fsp3) is 0.857. The van der Waals surface area contributed by atoms with Gasteiger partial charge in [0.1, 0.15) is 0 Å². The Morgan fingerprint density at radius 3 is 1.27 bits per heavy atom. The van der Waals surface area contributed by atoms with Crippen LogP contribution in [0.2, 0.25) is 0 Å². The zero-order valence-electron chi connectivity index (χ0n) is 8.21. The van der Waals surface area contributed by atoms with Gasteiger partial charge in [0.25, 0.3) is 0 Å². The Labute approximate surface area is 71.3 Å². The van der Waals surface area contributed by atoms with E-state index in [1.54, 1.807) is 0 Å². The third-order valence-electron chi connectivity index (χ3n) is 1.32. The topological polar surface area (TPSA) is 24.7 Å². The second-order valence-electron chi connectivity index (χ2n) is 2.99. The lowest BCUT2D eigenvalue weighted by atomic mass is 11.6. The molecule has 0 aromatic rings. The molecular formula is C7H18N2S2. The highest BCUT2D eigenvalue weighted by atomic mass is 32.2. The fourth-order valence-corrected chi connectivity index (χ4v) is 5.16. The largest absolute Gasteiger partial charge is 0.267 e. The van der Waals surface area contributed by atoms with E-state index in [0.29, 0.717) is 0 Å². The molecule has 0 aromatic carbocycles. The molecule has 0 bridgehead atoms. The maximum absolute atomic E-state index is 4.29. The first-order valence-electron chi connectivity index (χ1n) is 3.30. The molecule has 68 valence electrons. The van der Waals surface area contributed by atoms with Crippen LogP contribution in [-0.2, 0) is 18.8 Å². The molecule has 0 aromatic heterocycles. The normalized spacial score (nSPS) is 12.2. The quantitative estimate of drug-likeness (QED) is 0.516. The third-order valence-corrected chi connectivity index (χ3v) is 6.41. The molecule has 0 aliphatic rings. The summed E-state index contributed by atoms with van der Waals surface area (Å²) in [6.45, 7) is 0. The van der Waals surface area contributed by atoms with Crippen LogP contribution in [0.5, 0.6) is 0 Å². The van der Waals surface area contributed by atoms with Crippen LogP contribution in [0.15, 0.2) is 8.73 Å². The van der Waals surface area contributed by atoms with Crippen LogP contribution in [0.4, 0.5) is 0 Å². The summed E-state index contributed by atoms with van der Waals surface area (Å²) in [7, 11) is 1.77. The number of nitrogens with zero attached hydrogens (tertiary/aromatic N) is 2. The Balaban J connectivity index is 6.08. The molecule has 4 heteroatoms. The van der Waals surface area contributed by atoms with Gasteiger partial charge >= 0.3 is 0 Å². The predicted molar refractivity (Wildman–Crippen MR) is 60.1 cm³/mol. The molecule has 0 N–H and O–H groups in total. The van der Waals surface area contributed by atoms with Crippen molar-refractivity contribution in [2.24, 2.45) is 8.73 Å². The molecule has 0 saturated carbocycles. The van der Waals surface area contributed by atoms with E-state index in [4.69, 9.17) is 0 Å². The average molecular weight is 194 g/mol. The summed E-state index contributed by atoms with van der Waals surface area (Å²) in [5, 5.41) is 0. The van der Waals surface area contributed by atoms with Gasteiger partial charge in [0.2, 0.25) is 0 Å². The van der Waals surface area contributed by atoms with Crippen LogP contribution < -0.4 is 0 Å². The fourth-order valence-electron chi connectivity index (χ4n) is 0.574. The van der Waals surface area contributed by atoms with Crippen molar-refractivity contribution in [2.75, 3.05) is 39.1 Å². The van der Waals surface area contributed by atoms with E-state index in [2.05, 4.69) is 38.1 Å². The molecule has 0 atom stereocenters. The molecule has 0 rings (SSSR count). The maximum Gasteiger partial charge on any atom is 0.0347 e. The summed E-state index contributed by atoms with van der Waals surface area (Å²) in [5.74, 6) is 0. The molecule has 0 heterocycles. The Bertz CT molecular complexity index is 319. The standard InChI is InChI=1S/C7H18N2S2/c1-8-10(3,4)7-11(5,6)9-2/h1-6H3. The lowest BCUT2D eigenvalue weighted by molar-refractivity contribution is 1.50. The molecule has 11 heavy (non-hydrogen) atoms. The van der Waals surface area contributed by atoms with Gasteiger partial charge in [0, 0.05) is 14.1 Å². The first-order chi connectivity index (χ1) is 4.83. The summed E-state index contributed by atoms with van der Waals surface area (Å²) >= 11 is 0. The molecule has 0 radical (unpaired) electrons. The molecule has 0 aliphatic heterocycles. The van der Waals surface area contributed by atoms with Crippen LogP contribution in [0.25, 0.3) is 0 Å². The van der Waals surface area contributed by atoms with Gasteiger partial charge in [-0.25, -0.2) is 0 Å². The minimum Gasteiger partial charge on any atom is -0.267 e. The van der Waals surface area contributed by atoms with Crippen LogP contribution in [0.3, 0.4) is 0 Å². The maximum atomic E-state index is 4.29. The van der Waals surface area contributed by atoms with Crippen molar-refractivity contribution in [3.8, 4) is 0 Å². The molecule has 0 unspecified atom stereocenters. The van der Waals surface area contributed by atoms with E-state index in [1.807, 2.05) is 14.1 Å². The summed E-state index contributed by atoms with van der Waals surface area (Å²) in [6, 6.07) is 0. The zero-order valence-corrected chi connectivity index (χ0v) is 9.84. The number of hydrogen-bond donors (Lipinski definition) is 0. The summed E-state index contributed by atoms with van der Waals surface area (Å²) in [5.41, 5.74) is 0. The van der Waals surface area contributed by atoms with Crippen LogP contribution >= 0.6 is 0 Å². The summed E-state index contributed by atoms with van der Waals surface area (Å²) in [6.07, 6.45) is 8.53. The second-order valence-corrected chi connectivity index (χ2v) is 9.48. The van der Waals surface area contributed by atoms with Gasteiger partial charge in [0.15, 0.2) is 0 Å². The molecule has 0 saturated heterocycles. The highest BCUT2D eigenvalue weighted by Gasteiger charge is 1.85. The van der Waals surface area contributed by atoms with E-state index < -0.39 is 18.8 Å². The number of hydrogen-bond acceptors (Lipinski definition) is 2. The molecule has 0 aliphatic carbocycles. The Morgan fingerprint density at radius 1 is 0.818 bits per heavy atom. The van der Waals surface area contributed by atoms with Crippen LogP contribution in [0.1, 0.15) is 0 Å². The highest BCUT2D eigenvalue weighted by molar-refractivity contribution is 8.15. The van der Waals surface area contributed by atoms with Crippen LogP contribution in [-0.4, -0.2) is 43.4 Å². The SMILES string of the molecule is CN=S(C)(C)=C=S(C)(C)=NC. The predicted octanol–water partition coefficient (Wildman–Crippen LogP) is 1.08. The van der Waals surface area contributed by atoms with Crippen molar-refractivity contribution < 1.29 is 0 Å². The first-order valence-corrected chi connectivity index (χ1v) is 8.11. The monoisotopic (exact) mass is 194 g/mol. The number of rotatable bonds is 0. The third kappa shape index (κ3) is 4.51.